The Morgan fingerprint density at radius 3 is 2.15 bits per heavy atom. The van der Waals surface area contributed by atoms with E-state index in [1.54, 1.807) is 0 Å². The summed E-state index contributed by atoms with van der Waals surface area (Å²) in [5.41, 5.74) is 17.1. The molecule has 47 heavy (non-hydrogen) atoms. The van der Waals surface area contributed by atoms with E-state index >= 15 is 0 Å². The van der Waals surface area contributed by atoms with Crippen LogP contribution >= 0.6 is 0 Å². The van der Waals surface area contributed by atoms with Crippen molar-refractivity contribution in [2.24, 2.45) is 0 Å². The average molecular weight is 621 g/mol. The lowest BCUT2D eigenvalue weighted by Crippen LogP contribution is -2.12. The first-order valence-corrected chi connectivity index (χ1v) is 15.8. The second-order valence-electron chi connectivity index (χ2n) is 11.3. The normalized spacial score (nSPS) is 11.7. The van der Waals surface area contributed by atoms with Gasteiger partial charge in [-0.15, -0.1) is 39.2 Å². The van der Waals surface area contributed by atoms with E-state index in [1.165, 1.54) is 61.5 Å². The monoisotopic (exact) mass is 620 g/mol. The summed E-state index contributed by atoms with van der Waals surface area (Å²) in [5.74, 6) is 0.894. The Labute approximate surface area is 282 Å². The van der Waals surface area contributed by atoms with E-state index in [1.807, 2.05) is 7.05 Å². The number of aromatic nitrogens is 2. The van der Waals surface area contributed by atoms with Gasteiger partial charge in [-0.25, -0.2) is 4.98 Å². The zero-order chi connectivity index (χ0) is 34.7. The molecule has 5 aromatic rings. The van der Waals surface area contributed by atoms with Crippen molar-refractivity contribution in [3.8, 4) is 35.4 Å². The number of nitrogens with zero attached hydrogens (tertiary/aromatic N) is 2. The lowest BCUT2D eigenvalue weighted by molar-refractivity contribution is 1.02. The fourth-order valence-corrected chi connectivity index (χ4v) is 5.99. The Hall–Kier alpha value is -5.53. The molecule has 0 saturated heterocycles. The number of aromatic amines is 1. The van der Waals surface area contributed by atoms with Gasteiger partial charge in [-0.2, -0.15) is 0 Å². The second kappa shape index (κ2) is 16.7. The van der Waals surface area contributed by atoms with E-state index in [0.29, 0.717) is 0 Å². The zero-order valence-corrected chi connectivity index (χ0v) is 28.9. The molecular formula is C43H48N4. The van der Waals surface area contributed by atoms with Crippen molar-refractivity contribution in [2.75, 3.05) is 26.0 Å². The number of likely N-dealkylation sites (N-methyl/N-ethyl adjacent to an activating group) is 1. The van der Waals surface area contributed by atoms with Crippen LogP contribution in [0.25, 0.3) is 44.7 Å². The summed E-state index contributed by atoms with van der Waals surface area (Å²) in [6, 6.07) is 28.9. The van der Waals surface area contributed by atoms with Crippen LogP contribution in [0.3, 0.4) is 0 Å². The van der Waals surface area contributed by atoms with E-state index in [0.717, 1.165) is 35.3 Å². The summed E-state index contributed by atoms with van der Waals surface area (Å²) in [5, 5.41) is 3.52. The molecule has 0 amide bonds. The van der Waals surface area contributed by atoms with Crippen molar-refractivity contribution < 1.29 is 0 Å². The van der Waals surface area contributed by atoms with E-state index in [9.17, 15) is 0 Å². The van der Waals surface area contributed by atoms with Crippen LogP contribution in [0.1, 0.15) is 41.2 Å². The summed E-state index contributed by atoms with van der Waals surface area (Å²) >= 11 is 0. The van der Waals surface area contributed by atoms with Crippen LogP contribution in [0.2, 0.25) is 0 Å². The molecule has 0 unspecified atom stereocenters. The molecule has 2 N–H and O–H groups in total. The Morgan fingerprint density at radius 2 is 1.51 bits per heavy atom. The van der Waals surface area contributed by atoms with Crippen LogP contribution in [-0.4, -0.2) is 31.1 Å². The number of hydrogen-bond donors (Lipinski definition) is 2. The molecule has 0 aliphatic heterocycles. The van der Waals surface area contributed by atoms with Gasteiger partial charge >= 0.3 is 0 Å². The fraction of sp³-hybridized carbons (Fsp3) is 0.186. The summed E-state index contributed by atoms with van der Waals surface area (Å²) in [7, 11) is 6.31. The third-order valence-electron chi connectivity index (χ3n) is 8.07. The molecule has 4 aromatic carbocycles. The molecule has 1 aliphatic rings. The molecule has 0 fully saturated rings. The smallest absolute Gasteiger partial charge is 0.138 e. The van der Waals surface area contributed by atoms with Crippen molar-refractivity contribution in [3.63, 3.8) is 0 Å². The van der Waals surface area contributed by atoms with Crippen molar-refractivity contribution in [1.82, 2.24) is 15.3 Å². The number of nitrogens with one attached hydrogen (secondary N) is 2. The lowest BCUT2D eigenvalue weighted by Gasteiger charge is -2.21. The Morgan fingerprint density at radius 1 is 0.851 bits per heavy atom. The highest BCUT2D eigenvalue weighted by atomic mass is 15.1. The molecular weight excluding hydrogens is 573 g/mol. The summed E-state index contributed by atoms with van der Waals surface area (Å²) in [6.07, 6.45) is 12.2. The van der Waals surface area contributed by atoms with Gasteiger partial charge in [0, 0.05) is 49.2 Å². The highest BCUT2D eigenvalue weighted by molar-refractivity contribution is 6.05. The van der Waals surface area contributed by atoms with Crippen molar-refractivity contribution >= 4 is 27.9 Å². The zero-order valence-electron chi connectivity index (χ0n) is 28.9. The van der Waals surface area contributed by atoms with Crippen LogP contribution in [0.5, 0.6) is 0 Å². The molecule has 4 nitrogen and oxygen atoms in total. The molecule has 0 saturated carbocycles. The molecule has 6 rings (SSSR count). The van der Waals surface area contributed by atoms with E-state index in [2.05, 4.69) is 174 Å². The largest absolute Gasteiger partial charge is 0.388 e. The molecule has 0 bridgehead atoms. The van der Waals surface area contributed by atoms with Gasteiger partial charge in [0.15, 0.2) is 0 Å². The number of rotatable bonds is 7. The van der Waals surface area contributed by atoms with Gasteiger partial charge in [-0.3, -0.25) is 0 Å². The lowest BCUT2D eigenvalue weighted by atomic mass is 9.93. The van der Waals surface area contributed by atoms with Gasteiger partial charge in [0.2, 0.25) is 0 Å². The van der Waals surface area contributed by atoms with Crippen LogP contribution in [0, 0.1) is 26.7 Å². The number of aryl methyl sites for hydroxylation is 2. The number of anilines is 1. The SMILES string of the molecule is C#C.C=C.C=C.CC/C=C(\NC)C1=C(c2ccc(C)cc2)Cc2cc(N(C)C)c(-c3cccc(-c4nc5ccc(C)cc5[nH]4)c3)cc21. The minimum atomic E-state index is 0.894. The number of allylic oxidation sites excluding steroid dienone is 3. The minimum absolute atomic E-state index is 0.894. The third kappa shape index (κ3) is 7.65. The topological polar surface area (TPSA) is 44.0 Å². The maximum absolute atomic E-state index is 4.90. The first-order chi connectivity index (χ1) is 22.9. The number of terminal acetylenes is 1. The minimum Gasteiger partial charge on any atom is -0.388 e. The summed E-state index contributed by atoms with van der Waals surface area (Å²) in [4.78, 5) is 10.7. The van der Waals surface area contributed by atoms with Crippen molar-refractivity contribution in [1.29, 1.82) is 0 Å². The predicted octanol–water partition coefficient (Wildman–Crippen LogP) is 10.4. The van der Waals surface area contributed by atoms with Crippen LogP contribution < -0.4 is 10.2 Å². The second-order valence-corrected chi connectivity index (χ2v) is 11.3. The highest BCUT2D eigenvalue weighted by Gasteiger charge is 2.27. The van der Waals surface area contributed by atoms with Crippen LogP contribution in [0.15, 0.2) is 117 Å². The van der Waals surface area contributed by atoms with Crippen molar-refractivity contribution in [3.05, 3.63) is 145 Å². The molecule has 0 atom stereocenters. The standard InChI is InChI=1S/C37H38N4.2C2H4.C2H2/c1-7-9-33(38-4)36-30(25-15-12-23(2)13-16-25)20-28-21-35(41(5)6)29(22-31(28)36)26-10-8-11-27(19-26)37-39-32-17-14-24(3)18-34(32)40-37;3*1-2/h8-19,21-22,38H,7,20H2,1-6H3,(H,39,40);2*1-2H2;1-2H/b33-9-;;;. The number of fused-ring (bicyclic) bond motifs is 2. The number of hydrogen-bond acceptors (Lipinski definition) is 3. The number of H-pyrrole nitrogens is 1. The van der Waals surface area contributed by atoms with Gasteiger partial charge < -0.3 is 15.2 Å². The van der Waals surface area contributed by atoms with Gasteiger partial charge in [-0.1, -0.05) is 67.1 Å². The molecule has 4 heteroatoms. The first-order valence-electron chi connectivity index (χ1n) is 15.8. The van der Waals surface area contributed by atoms with Crippen LogP contribution in [-0.2, 0) is 6.42 Å². The fourth-order valence-electron chi connectivity index (χ4n) is 5.99. The number of imidazole rings is 1. The first kappa shape index (κ1) is 35.9. The molecule has 0 radical (unpaired) electrons. The molecule has 1 aliphatic carbocycles. The van der Waals surface area contributed by atoms with Gasteiger partial charge in [0.1, 0.15) is 5.82 Å². The quantitative estimate of drug-likeness (QED) is 0.141. The highest BCUT2D eigenvalue weighted by Crippen LogP contribution is 2.46. The summed E-state index contributed by atoms with van der Waals surface area (Å²) in [6.45, 7) is 18.5. The third-order valence-corrected chi connectivity index (χ3v) is 8.07. The van der Waals surface area contributed by atoms with Gasteiger partial charge in [0.05, 0.1) is 11.0 Å². The Bertz CT molecular complexity index is 1900. The van der Waals surface area contributed by atoms with E-state index in [-0.39, 0.29) is 0 Å². The molecule has 240 valence electrons. The maximum Gasteiger partial charge on any atom is 0.138 e. The summed E-state index contributed by atoms with van der Waals surface area (Å²) < 4.78 is 0. The maximum atomic E-state index is 4.90. The predicted molar refractivity (Wildman–Crippen MR) is 208 cm³/mol. The van der Waals surface area contributed by atoms with E-state index in [4.69, 9.17) is 4.98 Å². The molecule has 1 aromatic heterocycles. The number of benzene rings is 4. The van der Waals surface area contributed by atoms with Crippen LogP contribution in [0.4, 0.5) is 5.69 Å². The van der Waals surface area contributed by atoms with E-state index < -0.39 is 0 Å². The molecule has 1 heterocycles. The van der Waals surface area contributed by atoms with Crippen molar-refractivity contribution in [2.45, 2.75) is 33.6 Å². The van der Waals surface area contributed by atoms with Gasteiger partial charge in [0.25, 0.3) is 0 Å². The average Bonchev–Trinajstić information content (AvgIpc) is 3.71. The molecule has 0 spiro atoms. The Balaban J connectivity index is 0.000000947. The Kier molecular flexibility index (Phi) is 12.8. The van der Waals surface area contributed by atoms with Gasteiger partial charge in [-0.05, 0) is 90.4 Å².